The maximum atomic E-state index is 4.06. The van der Waals surface area contributed by atoms with E-state index in [0.717, 1.165) is 0 Å². The molecule has 2 radical (unpaired) electrons. The Morgan fingerprint density at radius 3 is 2.25 bits per heavy atom. The minimum atomic E-state index is 0.0124. The van der Waals surface area contributed by atoms with Gasteiger partial charge in [0.15, 0.2) is 0 Å². The highest BCUT2D eigenvalue weighted by Gasteiger charge is 2.18. The molecule has 40 valence electrons. The van der Waals surface area contributed by atoms with Gasteiger partial charge in [0.2, 0.25) is 0 Å². The maximum Gasteiger partial charge on any atom is 0.351 e. The van der Waals surface area contributed by atoms with Crippen LogP contribution in [0.3, 0.4) is 0 Å². The van der Waals surface area contributed by atoms with Crippen LogP contribution in [0.25, 0.3) is 0 Å². The van der Waals surface area contributed by atoms with Crippen LogP contribution in [0, 0.1) is 0 Å². The normalized spacial score (nSPS) is 22.0. The maximum absolute atomic E-state index is 4.06. The van der Waals surface area contributed by atoms with Crippen molar-refractivity contribution in [2.24, 2.45) is 0 Å². The SMILES string of the molecule is SB1N[B]N(S)[B]N1. The molecule has 1 aliphatic rings. The van der Waals surface area contributed by atoms with Crippen LogP contribution in [0.15, 0.2) is 0 Å². The van der Waals surface area contributed by atoms with Crippen LogP contribution in [0.4, 0.5) is 0 Å². The van der Waals surface area contributed by atoms with Crippen LogP contribution in [-0.2, 0) is 0 Å². The lowest BCUT2D eigenvalue weighted by Gasteiger charge is -2.22. The van der Waals surface area contributed by atoms with E-state index in [2.05, 4.69) is 35.6 Å². The molecule has 0 aromatic rings. The lowest BCUT2D eigenvalue weighted by Crippen LogP contribution is -2.59. The first kappa shape index (κ1) is 6.89. The Morgan fingerprint density at radius 1 is 1.38 bits per heavy atom. The standard InChI is InChI=1S/B3H4N3S2/c7-3-4-1-6(8)2-5-3/h4-5,7-8H. The minimum absolute atomic E-state index is 0.0124. The fourth-order valence-corrected chi connectivity index (χ4v) is 0.646. The van der Waals surface area contributed by atoms with Crippen molar-refractivity contribution in [3.8, 4) is 0 Å². The van der Waals surface area contributed by atoms with Crippen molar-refractivity contribution in [2.45, 2.75) is 0 Å². The third-order valence-electron chi connectivity index (χ3n) is 0.729. The van der Waals surface area contributed by atoms with E-state index in [4.69, 9.17) is 0 Å². The van der Waals surface area contributed by atoms with E-state index in [1.54, 1.807) is 19.2 Å². The average molecular weight is 143 g/mol. The summed E-state index contributed by atoms with van der Waals surface area (Å²) in [5.41, 5.74) is 0. The smallest absolute Gasteiger partial charge is 0.351 e. The summed E-state index contributed by atoms with van der Waals surface area (Å²) in [5, 5.41) is 5.76. The quantitative estimate of drug-likeness (QED) is 0.240. The first-order valence-electron chi connectivity index (χ1n) is 2.13. The molecule has 0 unspecified atom stereocenters. The second-order valence-electron chi connectivity index (χ2n) is 1.37. The number of nitrogens with zero attached hydrogens (tertiary/aromatic N) is 1. The van der Waals surface area contributed by atoms with Gasteiger partial charge in [-0.15, -0.1) is 12.8 Å². The van der Waals surface area contributed by atoms with Crippen molar-refractivity contribution >= 4 is 46.7 Å². The summed E-state index contributed by atoms with van der Waals surface area (Å²) in [6.45, 7) is 0. The first-order chi connectivity index (χ1) is 3.79. The zero-order valence-corrected chi connectivity index (χ0v) is 5.86. The van der Waals surface area contributed by atoms with Crippen molar-refractivity contribution < 1.29 is 0 Å². The van der Waals surface area contributed by atoms with E-state index in [1.165, 1.54) is 0 Å². The average Bonchev–Trinajstić information content (AvgIpc) is 1.77. The summed E-state index contributed by atoms with van der Waals surface area (Å²) in [6, 6.07) is 0. The number of nitrogens with one attached hydrogen (secondary N) is 2. The van der Waals surface area contributed by atoms with Crippen molar-refractivity contribution in [2.75, 3.05) is 0 Å². The molecule has 1 aliphatic heterocycles. The van der Waals surface area contributed by atoms with Crippen molar-refractivity contribution in [1.82, 2.24) is 14.4 Å². The molecule has 8 heavy (non-hydrogen) atoms. The van der Waals surface area contributed by atoms with Crippen LogP contribution >= 0.6 is 25.3 Å². The molecular formula is H4B3N3S2. The molecule has 0 saturated carbocycles. The molecule has 1 saturated heterocycles. The molecule has 3 nitrogen and oxygen atoms in total. The van der Waals surface area contributed by atoms with E-state index in [0.29, 0.717) is 0 Å². The number of rotatable bonds is 0. The summed E-state index contributed by atoms with van der Waals surface area (Å²) in [5.74, 6) is 0. The fraction of sp³-hybridized carbons (Fsp3) is 0. The van der Waals surface area contributed by atoms with Crippen molar-refractivity contribution in [1.29, 1.82) is 0 Å². The predicted octanol–water partition coefficient (Wildman–Crippen LogP) is -1.69. The molecule has 1 heterocycles. The fourth-order valence-electron chi connectivity index (χ4n) is 0.379. The Balaban J connectivity index is 2.19. The number of hydrogen-bond acceptors (Lipinski definition) is 5. The highest BCUT2D eigenvalue weighted by atomic mass is 32.1. The molecule has 0 aliphatic carbocycles. The lowest BCUT2D eigenvalue weighted by atomic mass is 9.84. The van der Waals surface area contributed by atoms with Crippen LogP contribution < -0.4 is 10.3 Å². The Kier molecular flexibility index (Phi) is 2.65. The molecule has 0 atom stereocenters. The Morgan fingerprint density at radius 2 is 1.88 bits per heavy atom. The second kappa shape index (κ2) is 3.07. The summed E-state index contributed by atoms with van der Waals surface area (Å²) in [4.78, 5) is 0. The molecule has 1 fully saturated rings. The summed E-state index contributed by atoms with van der Waals surface area (Å²) >= 11 is 8.02. The van der Waals surface area contributed by atoms with Crippen LogP contribution in [0.1, 0.15) is 0 Å². The third-order valence-corrected chi connectivity index (χ3v) is 1.26. The Bertz CT molecular complexity index is 60.9. The van der Waals surface area contributed by atoms with Gasteiger partial charge in [-0.3, -0.25) is 0 Å². The van der Waals surface area contributed by atoms with E-state index in [9.17, 15) is 0 Å². The zero-order valence-electron chi connectivity index (χ0n) is 4.07. The molecule has 1 rings (SSSR count). The molecule has 0 spiro atoms. The van der Waals surface area contributed by atoms with E-state index in [-0.39, 0.29) is 6.26 Å². The Hall–Kier alpha value is 0.775. The van der Waals surface area contributed by atoms with Crippen LogP contribution in [0.5, 0.6) is 0 Å². The van der Waals surface area contributed by atoms with Gasteiger partial charge in [-0.05, 0) is 0 Å². The van der Waals surface area contributed by atoms with Crippen LogP contribution in [0.2, 0.25) is 0 Å². The van der Waals surface area contributed by atoms with Crippen LogP contribution in [-0.4, -0.2) is 25.5 Å². The first-order valence-corrected chi connectivity index (χ1v) is 3.05. The van der Waals surface area contributed by atoms with Gasteiger partial charge in [0.1, 0.15) is 0 Å². The van der Waals surface area contributed by atoms with Gasteiger partial charge >= 0.3 is 6.26 Å². The van der Waals surface area contributed by atoms with Crippen molar-refractivity contribution in [3.63, 3.8) is 0 Å². The lowest BCUT2D eigenvalue weighted by molar-refractivity contribution is 1.06. The number of hydrogen-bond donors (Lipinski definition) is 4. The molecule has 8 heteroatoms. The van der Waals surface area contributed by atoms with Gasteiger partial charge in [-0.25, -0.2) is 0 Å². The van der Waals surface area contributed by atoms with Gasteiger partial charge in [0.05, 0.1) is 0 Å². The minimum Gasteiger partial charge on any atom is -0.365 e. The van der Waals surface area contributed by atoms with Gasteiger partial charge in [-0.1, -0.05) is 0 Å². The summed E-state index contributed by atoms with van der Waals surface area (Å²) < 4.78 is 1.58. The topological polar surface area (TPSA) is 27.3 Å². The summed E-state index contributed by atoms with van der Waals surface area (Å²) in [7, 11) is 3.41. The number of thiol groups is 2. The molecule has 2 N–H and O–H groups in total. The molecule has 0 aromatic heterocycles. The zero-order chi connectivity index (χ0) is 5.98. The Labute approximate surface area is 61.5 Å². The third kappa shape index (κ3) is 1.95. The van der Waals surface area contributed by atoms with Gasteiger partial charge < -0.3 is 14.4 Å². The van der Waals surface area contributed by atoms with E-state index < -0.39 is 0 Å². The monoisotopic (exact) mass is 143 g/mol. The summed E-state index contributed by atoms with van der Waals surface area (Å²) in [6.07, 6.45) is 0.0124. The highest BCUT2D eigenvalue weighted by Crippen LogP contribution is 1.89. The molecule has 0 amide bonds. The molecule has 0 aromatic carbocycles. The van der Waals surface area contributed by atoms with Crippen molar-refractivity contribution in [3.05, 3.63) is 0 Å². The van der Waals surface area contributed by atoms with E-state index >= 15 is 0 Å². The second-order valence-corrected chi connectivity index (χ2v) is 2.35. The van der Waals surface area contributed by atoms with Gasteiger partial charge in [0.25, 0.3) is 15.1 Å². The predicted molar refractivity (Wildman–Crippen MR) is 43.3 cm³/mol. The van der Waals surface area contributed by atoms with E-state index in [1.807, 2.05) is 0 Å². The molecular weight excluding hydrogens is 139 g/mol. The largest absolute Gasteiger partial charge is 0.365 e. The highest BCUT2D eigenvalue weighted by molar-refractivity contribution is 8.10. The molecule has 0 bridgehead atoms. The van der Waals surface area contributed by atoms with Gasteiger partial charge in [0, 0.05) is 0 Å². The van der Waals surface area contributed by atoms with Gasteiger partial charge in [-0.2, -0.15) is 12.5 Å².